The smallest absolute Gasteiger partial charge is 0.272 e. The summed E-state index contributed by atoms with van der Waals surface area (Å²) in [5.74, 6) is 0.682. The predicted octanol–water partition coefficient (Wildman–Crippen LogP) is 3.69. The molecule has 0 radical (unpaired) electrons. The number of likely N-dealkylation sites (tertiary alicyclic amines) is 1. The molecule has 2 N–H and O–H groups in total. The van der Waals surface area contributed by atoms with E-state index in [-0.39, 0.29) is 17.4 Å². The number of anilines is 1. The monoisotopic (exact) mass is 495 g/mol. The summed E-state index contributed by atoms with van der Waals surface area (Å²) in [6.45, 7) is 12.0. The number of benzene rings is 1. The van der Waals surface area contributed by atoms with Crippen LogP contribution in [0.5, 0.6) is 0 Å². The fourth-order valence-corrected chi connectivity index (χ4v) is 4.99. The number of aromatic nitrogens is 2. The number of carbonyl (C=O) groups excluding carboxylic acids is 1. The Bertz CT molecular complexity index is 1010. The van der Waals surface area contributed by atoms with Crippen LogP contribution in [0.25, 0.3) is 0 Å². The van der Waals surface area contributed by atoms with E-state index < -0.39 is 0 Å². The molecule has 36 heavy (non-hydrogen) atoms. The number of carbonyl (C=O) groups is 1. The average molecular weight is 496 g/mol. The minimum absolute atomic E-state index is 0.0215. The molecule has 2 fully saturated rings. The van der Waals surface area contributed by atoms with Crippen molar-refractivity contribution in [1.29, 1.82) is 0 Å². The summed E-state index contributed by atoms with van der Waals surface area (Å²) in [6, 6.07) is 9.32. The van der Waals surface area contributed by atoms with Crippen LogP contribution >= 0.6 is 0 Å². The van der Waals surface area contributed by atoms with Gasteiger partial charge in [-0.1, -0.05) is 45.0 Å². The van der Waals surface area contributed by atoms with Crippen LogP contribution in [0.1, 0.15) is 67.2 Å². The molecule has 1 aromatic carbocycles. The van der Waals surface area contributed by atoms with Crippen molar-refractivity contribution in [2.45, 2.75) is 77.1 Å². The number of methoxy groups -OCH3 is 1. The molecule has 0 saturated carbocycles. The van der Waals surface area contributed by atoms with Crippen molar-refractivity contribution < 1.29 is 14.3 Å². The molecular formula is C28H41N5O3. The van der Waals surface area contributed by atoms with E-state index in [0.717, 1.165) is 31.4 Å². The Morgan fingerprint density at radius 1 is 1.14 bits per heavy atom. The molecule has 2 aliphatic heterocycles. The van der Waals surface area contributed by atoms with E-state index in [1.54, 1.807) is 7.11 Å². The number of ether oxygens (including phenoxy) is 2. The summed E-state index contributed by atoms with van der Waals surface area (Å²) in [5.41, 5.74) is 3.88. The Hall–Kier alpha value is -2.55. The Kier molecular flexibility index (Phi) is 8.59. The van der Waals surface area contributed by atoms with Crippen LogP contribution < -0.4 is 10.6 Å². The van der Waals surface area contributed by atoms with Crippen LogP contribution in [0.3, 0.4) is 0 Å². The van der Waals surface area contributed by atoms with Gasteiger partial charge in [0.1, 0.15) is 17.8 Å². The third-order valence-electron chi connectivity index (χ3n) is 7.41. The van der Waals surface area contributed by atoms with Crippen LogP contribution in [0.15, 0.2) is 30.6 Å². The maximum absolute atomic E-state index is 13.3. The summed E-state index contributed by atoms with van der Waals surface area (Å²) in [6.07, 6.45) is 4.35. The molecule has 3 heterocycles. The molecule has 0 spiro atoms. The molecule has 0 aliphatic carbocycles. The Morgan fingerprint density at radius 3 is 2.53 bits per heavy atom. The number of piperidine rings is 1. The zero-order chi connectivity index (χ0) is 25.7. The van der Waals surface area contributed by atoms with Crippen LogP contribution in [0.4, 0.5) is 5.82 Å². The van der Waals surface area contributed by atoms with Gasteiger partial charge in [0, 0.05) is 51.0 Å². The lowest BCUT2D eigenvalue weighted by atomic mass is 9.87. The number of rotatable bonds is 7. The highest BCUT2D eigenvalue weighted by Crippen LogP contribution is 2.23. The zero-order valence-corrected chi connectivity index (χ0v) is 22.3. The number of hydrogen-bond donors (Lipinski definition) is 2. The van der Waals surface area contributed by atoms with Crippen molar-refractivity contribution in [1.82, 2.24) is 20.2 Å². The van der Waals surface area contributed by atoms with Gasteiger partial charge in [-0.05, 0) is 42.7 Å². The highest BCUT2D eigenvalue weighted by atomic mass is 16.5. The molecule has 1 amide bonds. The summed E-state index contributed by atoms with van der Waals surface area (Å²) in [7, 11) is 1.74. The second-order valence-corrected chi connectivity index (χ2v) is 11.0. The van der Waals surface area contributed by atoms with Crippen molar-refractivity contribution in [2.75, 3.05) is 38.7 Å². The molecule has 2 saturated heterocycles. The quantitative estimate of drug-likeness (QED) is 0.606. The van der Waals surface area contributed by atoms with Gasteiger partial charge in [0.15, 0.2) is 0 Å². The molecule has 8 nitrogen and oxygen atoms in total. The van der Waals surface area contributed by atoms with E-state index >= 15 is 0 Å². The zero-order valence-electron chi connectivity index (χ0n) is 22.3. The second-order valence-electron chi connectivity index (χ2n) is 11.0. The molecule has 8 heteroatoms. The van der Waals surface area contributed by atoms with Crippen LogP contribution in [-0.2, 0) is 21.4 Å². The molecule has 2 atom stereocenters. The Labute approximate surface area is 215 Å². The van der Waals surface area contributed by atoms with Crippen molar-refractivity contribution in [3.05, 3.63) is 53.0 Å². The number of nitrogens with one attached hydrogen (secondary N) is 2. The van der Waals surface area contributed by atoms with Crippen LogP contribution in [-0.4, -0.2) is 72.4 Å². The van der Waals surface area contributed by atoms with Gasteiger partial charge in [-0.25, -0.2) is 9.97 Å². The van der Waals surface area contributed by atoms with Crippen molar-refractivity contribution in [3.63, 3.8) is 0 Å². The van der Waals surface area contributed by atoms with Gasteiger partial charge in [0.25, 0.3) is 5.91 Å². The Balaban J connectivity index is 1.32. The van der Waals surface area contributed by atoms with Crippen LogP contribution in [0, 0.1) is 6.92 Å². The highest BCUT2D eigenvalue weighted by molar-refractivity contribution is 5.94. The fraction of sp³-hybridized carbons (Fsp3) is 0.607. The topological polar surface area (TPSA) is 88.6 Å². The first-order valence-corrected chi connectivity index (χ1v) is 13.1. The van der Waals surface area contributed by atoms with E-state index in [9.17, 15) is 4.79 Å². The number of amides is 1. The molecular weight excluding hydrogens is 454 g/mol. The highest BCUT2D eigenvalue weighted by Gasteiger charge is 2.31. The first-order chi connectivity index (χ1) is 17.3. The summed E-state index contributed by atoms with van der Waals surface area (Å²) in [5, 5.41) is 7.14. The summed E-state index contributed by atoms with van der Waals surface area (Å²) in [4.78, 5) is 24.0. The first-order valence-electron chi connectivity index (χ1n) is 13.1. The lowest BCUT2D eigenvalue weighted by molar-refractivity contribution is -0.0533. The lowest BCUT2D eigenvalue weighted by Crippen LogP contribution is -2.54. The van der Waals surface area contributed by atoms with Crippen LogP contribution in [0.2, 0.25) is 0 Å². The molecule has 1 unspecified atom stereocenters. The summed E-state index contributed by atoms with van der Waals surface area (Å²) >= 11 is 0. The van der Waals surface area contributed by atoms with Gasteiger partial charge in [0.05, 0.1) is 12.7 Å². The second kappa shape index (κ2) is 11.7. The third-order valence-corrected chi connectivity index (χ3v) is 7.41. The van der Waals surface area contributed by atoms with Gasteiger partial charge in [-0.15, -0.1) is 0 Å². The molecule has 2 aromatic rings. The maximum atomic E-state index is 13.3. The van der Waals surface area contributed by atoms with Gasteiger partial charge < -0.3 is 25.0 Å². The number of nitrogens with zero attached hydrogens (tertiary/aromatic N) is 3. The molecule has 0 bridgehead atoms. The summed E-state index contributed by atoms with van der Waals surface area (Å²) < 4.78 is 11.1. The van der Waals surface area contributed by atoms with E-state index in [4.69, 9.17) is 9.47 Å². The third kappa shape index (κ3) is 6.41. The SMILES string of the molecule is CO[C@@H]1COCCC1NC1CCN(C(=O)c2ncnc(NCc3ccc(C(C)(C)C)cc3)c2C)CC1. The van der Waals surface area contributed by atoms with E-state index in [1.807, 2.05) is 11.8 Å². The van der Waals surface area contributed by atoms with E-state index in [2.05, 4.69) is 65.6 Å². The van der Waals surface area contributed by atoms with E-state index in [1.165, 1.54) is 17.5 Å². The molecule has 196 valence electrons. The van der Waals surface area contributed by atoms with Crippen molar-refractivity contribution in [3.8, 4) is 0 Å². The van der Waals surface area contributed by atoms with Gasteiger partial charge in [-0.2, -0.15) is 0 Å². The standard InChI is InChI=1S/C28H41N5O3/c1-19-25(30-18-31-26(19)29-16-20-6-8-21(9-7-20)28(2,3)4)27(34)33-13-10-22(11-14-33)32-23-12-15-36-17-24(23)35-5/h6-9,18,22-24,32H,10-17H2,1-5H3,(H,29,30,31)/t23?,24-/m1/s1. The largest absolute Gasteiger partial charge is 0.379 e. The maximum Gasteiger partial charge on any atom is 0.272 e. The predicted molar refractivity (Wildman–Crippen MR) is 141 cm³/mol. The van der Waals surface area contributed by atoms with Gasteiger partial charge in [0.2, 0.25) is 0 Å². The van der Waals surface area contributed by atoms with Gasteiger partial charge >= 0.3 is 0 Å². The minimum Gasteiger partial charge on any atom is -0.379 e. The molecule has 1 aromatic heterocycles. The Morgan fingerprint density at radius 2 is 1.86 bits per heavy atom. The van der Waals surface area contributed by atoms with Crippen molar-refractivity contribution >= 4 is 11.7 Å². The fourth-order valence-electron chi connectivity index (χ4n) is 4.99. The molecule has 4 rings (SSSR count). The lowest BCUT2D eigenvalue weighted by Gasteiger charge is -2.38. The normalized spacial score (nSPS) is 21.4. The van der Waals surface area contributed by atoms with Gasteiger partial charge in [-0.3, -0.25) is 4.79 Å². The van der Waals surface area contributed by atoms with Crippen molar-refractivity contribution in [2.24, 2.45) is 0 Å². The number of hydrogen-bond acceptors (Lipinski definition) is 7. The minimum atomic E-state index is -0.0215. The molecule has 2 aliphatic rings. The van der Waals surface area contributed by atoms with E-state index in [0.29, 0.717) is 49.8 Å². The first kappa shape index (κ1) is 26.5. The average Bonchev–Trinajstić information content (AvgIpc) is 2.88.